The first-order valence-electron chi connectivity index (χ1n) is 5.20. The smallest absolute Gasteiger partial charge is 0.232 e. The quantitative estimate of drug-likeness (QED) is 0.821. The van der Waals surface area contributed by atoms with E-state index < -0.39 is 16.1 Å². The minimum Gasteiger partial charge on any atom is -0.393 e. The summed E-state index contributed by atoms with van der Waals surface area (Å²) >= 11 is 0. The molecule has 0 spiro atoms. The lowest BCUT2D eigenvalue weighted by Crippen LogP contribution is -2.14. The Bertz CT molecular complexity index is 440. The Morgan fingerprint density at radius 1 is 1.44 bits per heavy atom. The molecule has 5 heteroatoms. The molecule has 0 radical (unpaired) electrons. The first kappa shape index (κ1) is 13.0. The Balaban J connectivity index is 2.83. The molecule has 0 fully saturated rings. The molecule has 4 nitrogen and oxygen atoms in total. The zero-order valence-corrected chi connectivity index (χ0v) is 10.3. The van der Waals surface area contributed by atoms with Crippen LogP contribution in [-0.4, -0.2) is 25.4 Å². The molecule has 1 rings (SSSR count). The van der Waals surface area contributed by atoms with E-state index in [1.807, 2.05) is 6.07 Å². The lowest BCUT2D eigenvalue weighted by molar-refractivity contribution is 0.195. The monoisotopic (exact) mass is 243 g/mol. The Morgan fingerprint density at radius 3 is 2.69 bits per heavy atom. The van der Waals surface area contributed by atoms with Crippen LogP contribution in [0.2, 0.25) is 0 Å². The van der Waals surface area contributed by atoms with E-state index in [2.05, 4.69) is 4.72 Å². The van der Waals surface area contributed by atoms with Crippen LogP contribution in [0.5, 0.6) is 0 Å². The first-order valence-corrected chi connectivity index (χ1v) is 6.85. The zero-order chi connectivity index (χ0) is 12.2. The largest absolute Gasteiger partial charge is 0.393 e. The molecule has 0 heterocycles. The van der Waals surface area contributed by atoms with Gasteiger partial charge in [0.05, 0.1) is 11.9 Å². The molecule has 0 aliphatic rings. The highest BCUT2D eigenvalue weighted by Gasteiger charge is 2.07. The highest BCUT2D eigenvalue weighted by Crippen LogP contribution is 2.13. The van der Waals surface area contributed by atoms with Gasteiger partial charge < -0.3 is 5.11 Å². The predicted molar refractivity (Wildman–Crippen MR) is 64.9 cm³/mol. The molecule has 0 aromatic heterocycles. The molecule has 0 amide bonds. The van der Waals surface area contributed by atoms with Gasteiger partial charge >= 0.3 is 0 Å². The van der Waals surface area contributed by atoms with Crippen LogP contribution < -0.4 is 4.72 Å². The number of rotatable bonds is 5. The number of nitrogens with one attached hydrogen (secondary N) is 1. The van der Waals surface area contributed by atoms with Crippen molar-refractivity contribution in [2.75, 3.05) is 10.5 Å². The minimum atomic E-state index is -3.23. The van der Waals surface area contributed by atoms with Gasteiger partial charge in [-0.25, -0.2) is 8.42 Å². The van der Waals surface area contributed by atoms with Crippen molar-refractivity contribution in [1.29, 1.82) is 0 Å². The summed E-state index contributed by atoms with van der Waals surface area (Å²) in [5.41, 5.74) is 1.45. The van der Waals surface area contributed by atoms with Gasteiger partial charge in [0.1, 0.15) is 0 Å². The van der Waals surface area contributed by atoms with Crippen LogP contribution in [0, 0.1) is 0 Å². The van der Waals surface area contributed by atoms with E-state index in [1.165, 1.54) is 0 Å². The van der Waals surface area contributed by atoms with Crippen LogP contribution in [0.3, 0.4) is 0 Å². The van der Waals surface area contributed by atoms with Crippen LogP contribution in [0.4, 0.5) is 5.69 Å². The summed E-state index contributed by atoms with van der Waals surface area (Å²) in [6.07, 6.45) is 0.0832. The van der Waals surface area contributed by atoms with Crippen LogP contribution >= 0.6 is 0 Å². The third-order valence-electron chi connectivity index (χ3n) is 2.11. The topological polar surface area (TPSA) is 66.4 Å². The highest BCUT2D eigenvalue weighted by atomic mass is 32.2. The molecular weight excluding hydrogens is 226 g/mol. The molecule has 0 saturated heterocycles. The number of aliphatic hydroxyl groups is 1. The summed E-state index contributed by atoms with van der Waals surface area (Å²) in [4.78, 5) is 0. The second kappa shape index (κ2) is 5.32. The van der Waals surface area contributed by atoms with Gasteiger partial charge in [0.2, 0.25) is 10.0 Å². The molecule has 2 N–H and O–H groups in total. The van der Waals surface area contributed by atoms with Crippen molar-refractivity contribution >= 4 is 15.7 Å². The fourth-order valence-electron chi connectivity index (χ4n) is 1.35. The average Bonchev–Trinajstić information content (AvgIpc) is 2.16. The summed E-state index contributed by atoms with van der Waals surface area (Å²) < 4.78 is 25.2. The second-order valence-electron chi connectivity index (χ2n) is 3.76. The van der Waals surface area contributed by atoms with E-state index in [0.29, 0.717) is 12.1 Å². The fraction of sp³-hybridized carbons (Fsp3) is 0.455. The molecule has 1 aromatic carbocycles. The molecule has 1 aromatic rings. The number of sulfonamides is 1. The third kappa shape index (κ3) is 4.20. The van der Waals surface area contributed by atoms with E-state index in [9.17, 15) is 13.5 Å². The van der Waals surface area contributed by atoms with Crippen molar-refractivity contribution in [2.24, 2.45) is 0 Å². The maximum atomic E-state index is 11.3. The van der Waals surface area contributed by atoms with Gasteiger partial charge in [-0.2, -0.15) is 0 Å². The Hall–Kier alpha value is -1.07. The summed E-state index contributed by atoms with van der Waals surface area (Å²) in [6.45, 7) is 3.28. The van der Waals surface area contributed by atoms with Crippen LogP contribution in [0.25, 0.3) is 0 Å². The molecule has 1 atom stereocenters. The predicted octanol–water partition coefficient (Wildman–Crippen LogP) is 1.37. The molecule has 0 bridgehead atoms. The van der Waals surface area contributed by atoms with Gasteiger partial charge in [0, 0.05) is 5.69 Å². The SMILES string of the molecule is CCS(=O)(=O)Nc1cccc(CC(C)O)c1. The summed E-state index contributed by atoms with van der Waals surface area (Å²) in [6, 6.07) is 7.06. The van der Waals surface area contributed by atoms with Crippen molar-refractivity contribution in [3.05, 3.63) is 29.8 Å². The van der Waals surface area contributed by atoms with Gasteiger partial charge in [-0.3, -0.25) is 4.72 Å². The Morgan fingerprint density at radius 2 is 2.12 bits per heavy atom. The zero-order valence-electron chi connectivity index (χ0n) is 9.47. The van der Waals surface area contributed by atoms with E-state index in [4.69, 9.17) is 0 Å². The third-order valence-corrected chi connectivity index (χ3v) is 3.42. The van der Waals surface area contributed by atoms with Gasteiger partial charge in [0.15, 0.2) is 0 Å². The number of benzene rings is 1. The highest BCUT2D eigenvalue weighted by molar-refractivity contribution is 7.92. The van der Waals surface area contributed by atoms with Crippen LogP contribution in [0.15, 0.2) is 24.3 Å². The Labute approximate surface area is 96.4 Å². The fourth-order valence-corrected chi connectivity index (χ4v) is 1.99. The number of aliphatic hydroxyl groups excluding tert-OH is 1. The van der Waals surface area contributed by atoms with Crippen molar-refractivity contribution in [2.45, 2.75) is 26.4 Å². The molecule has 0 saturated carbocycles. The summed E-state index contributed by atoms with van der Waals surface area (Å²) in [7, 11) is -3.23. The van der Waals surface area contributed by atoms with E-state index >= 15 is 0 Å². The van der Waals surface area contributed by atoms with Gasteiger partial charge in [-0.1, -0.05) is 12.1 Å². The second-order valence-corrected chi connectivity index (χ2v) is 5.77. The molecular formula is C11H17NO3S. The van der Waals surface area contributed by atoms with Gasteiger partial charge in [-0.15, -0.1) is 0 Å². The van der Waals surface area contributed by atoms with Crippen molar-refractivity contribution in [3.8, 4) is 0 Å². The lowest BCUT2D eigenvalue weighted by atomic mass is 10.1. The minimum absolute atomic E-state index is 0.0492. The standard InChI is InChI=1S/C11H17NO3S/c1-3-16(14,15)12-11-6-4-5-10(8-11)7-9(2)13/h4-6,8-9,12-13H,3,7H2,1-2H3. The maximum Gasteiger partial charge on any atom is 0.232 e. The molecule has 1 unspecified atom stereocenters. The van der Waals surface area contributed by atoms with Crippen LogP contribution in [-0.2, 0) is 16.4 Å². The van der Waals surface area contributed by atoms with Gasteiger partial charge in [-0.05, 0) is 38.0 Å². The maximum absolute atomic E-state index is 11.3. The average molecular weight is 243 g/mol. The van der Waals surface area contributed by atoms with Crippen molar-refractivity contribution in [3.63, 3.8) is 0 Å². The van der Waals surface area contributed by atoms with Crippen LogP contribution in [0.1, 0.15) is 19.4 Å². The Kier molecular flexibility index (Phi) is 4.32. The van der Waals surface area contributed by atoms with Crippen molar-refractivity contribution in [1.82, 2.24) is 0 Å². The number of hydrogen-bond acceptors (Lipinski definition) is 3. The number of anilines is 1. The molecule has 0 aliphatic carbocycles. The van der Waals surface area contributed by atoms with E-state index in [1.54, 1.807) is 32.0 Å². The molecule has 0 aliphatic heterocycles. The molecule has 90 valence electrons. The normalized spacial score (nSPS) is 13.4. The van der Waals surface area contributed by atoms with E-state index in [0.717, 1.165) is 5.56 Å². The first-order chi connectivity index (χ1) is 7.43. The summed E-state index contributed by atoms with van der Waals surface area (Å²) in [5.74, 6) is 0.0492. The van der Waals surface area contributed by atoms with E-state index in [-0.39, 0.29) is 5.75 Å². The van der Waals surface area contributed by atoms with Crippen molar-refractivity contribution < 1.29 is 13.5 Å². The van der Waals surface area contributed by atoms with Gasteiger partial charge in [0.25, 0.3) is 0 Å². The molecule has 16 heavy (non-hydrogen) atoms. The summed E-state index contributed by atoms with van der Waals surface area (Å²) in [5, 5.41) is 9.24. The lowest BCUT2D eigenvalue weighted by Gasteiger charge is -2.09. The number of hydrogen-bond donors (Lipinski definition) is 2.